The van der Waals surface area contributed by atoms with Gasteiger partial charge in [-0.3, -0.25) is 0 Å². The lowest BCUT2D eigenvalue weighted by Gasteiger charge is -2.35. The summed E-state index contributed by atoms with van der Waals surface area (Å²) in [5, 5.41) is 3.27. The highest BCUT2D eigenvalue weighted by molar-refractivity contribution is 7.89. The first-order valence-electron chi connectivity index (χ1n) is 10.3. The van der Waals surface area contributed by atoms with Gasteiger partial charge in [-0.15, -0.1) is 0 Å². The summed E-state index contributed by atoms with van der Waals surface area (Å²) in [4.78, 5) is 6.76. The Bertz CT molecular complexity index is 939. The van der Waals surface area contributed by atoms with Crippen molar-refractivity contribution in [1.29, 1.82) is 0 Å². The second kappa shape index (κ2) is 8.67. The summed E-state index contributed by atoms with van der Waals surface area (Å²) in [5.74, 6) is 0.275. The Hall–Kier alpha value is -2.19. The van der Waals surface area contributed by atoms with Gasteiger partial charge in [0.1, 0.15) is 16.5 Å². The molecule has 2 fully saturated rings. The summed E-state index contributed by atoms with van der Waals surface area (Å²) in [7, 11) is -3.55. The zero-order valence-corrected chi connectivity index (χ0v) is 17.2. The van der Waals surface area contributed by atoms with Crippen molar-refractivity contribution in [3.63, 3.8) is 0 Å². The number of rotatable bonds is 5. The molecule has 156 valence electrons. The topological polar surface area (TPSA) is 65.5 Å². The van der Waals surface area contributed by atoms with Crippen molar-refractivity contribution >= 4 is 21.5 Å². The summed E-state index contributed by atoms with van der Waals surface area (Å²) in [6, 6.07) is 10.2. The second-order valence-corrected chi connectivity index (χ2v) is 9.58. The molecular weight excluding hydrogens is 391 g/mol. The molecule has 0 aliphatic carbocycles. The lowest BCUT2D eigenvalue weighted by molar-refractivity contribution is 0.346. The molecule has 6 nitrogen and oxygen atoms in total. The number of anilines is 2. The highest BCUT2D eigenvalue weighted by atomic mass is 32.2. The molecule has 0 bridgehead atoms. The number of hydrogen-bond acceptors (Lipinski definition) is 5. The molecular formula is C21H27FN4O2S. The normalized spacial score (nSPS) is 19.3. The number of pyridine rings is 1. The molecule has 2 saturated heterocycles. The Balaban J connectivity index is 1.47. The molecule has 1 N–H and O–H groups in total. The number of piperidine rings is 2. The molecule has 1 aromatic carbocycles. The van der Waals surface area contributed by atoms with E-state index in [9.17, 15) is 12.8 Å². The van der Waals surface area contributed by atoms with Crippen LogP contribution in [0, 0.1) is 5.82 Å². The third-order valence-corrected chi connectivity index (χ3v) is 7.63. The third-order valence-electron chi connectivity index (χ3n) is 5.71. The molecule has 0 radical (unpaired) electrons. The average Bonchev–Trinajstić information content (AvgIpc) is 2.76. The van der Waals surface area contributed by atoms with Crippen LogP contribution in [0.5, 0.6) is 0 Å². The molecule has 0 atom stereocenters. The van der Waals surface area contributed by atoms with Crippen molar-refractivity contribution in [2.75, 3.05) is 36.4 Å². The number of halogens is 1. The Morgan fingerprint density at radius 3 is 2.41 bits per heavy atom. The molecule has 0 amide bonds. The Morgan fingerprint density at radius 1 is 0.966 bits per heavy atom. The Labute approximate surface area is 171 Å². The zero-order chi connectivity index (χ0) is 20.3. The van der Waals surface area contributed by atoms with Crippen molar-refractivity contribution in [2.45, 2.75) is 43.0 Å². The van der Waals surface area contributed by atoms with Crippen LogP contribution in [-0.2, 0) is 10.0 Å². The average molecular weight is 419 g/mol. The molecule has 2 aliphatic rings. The minimum atomic E-state index is -3.55. The Kier molecular flexibility index (Phi) is 6.01. The van der Waals surface area contributed by atoms with Crippen LogP contribution in [0.3, 0.4) is 0 Å². The minimum Gasteiger partial charge on any atom is -0.380 e. The van der Waals surface area contributed by atoms with Crippen LogP contribution in [0.15, 0.2) is 47.5 Å². The van der Waals surface area contributed by atoms with Crippen LogP contribution in [0.4, 0.5) is 15.9 Å². The predicted molar refractivity (Wildman–Crippen MR) is 112 cm³/mol. The highest BCUT2D eigenvalue weighted by Gasteiger charge is 2.31. The zero-order valence-electron chi connectivity index (χ0n) is 16.4. The van der Waals surface area contributed by atoms with Crippen molar-refractivity contribution in [2.24, 2.45) is 0 Å². The van der Waals surface area contributed by atoms with Gasteiger partial charge in [0.25, 0.3) is 0 Å². The van der Waals surface area contributed by atoms with Gasteiger partial charge in [0.2, 0.25) is 10.0 Å². The molecule has 4 rings (SSSR count). The predicted octanol–water partition coefficient (Wildman–Crippen LogP) is 3.48. The van der Waals surface area contributed by atoms with Crippen molar-refractivity contribution in [3.05, 3.63) is 48.4 Å². The highest BCUT2D eigenvalue weighted by Crippen LogP contribution is 2.30. The summed E-state index contributed by atoms with van der Waals surface area (Å²) in [6.07, 6.45) is 6.11. The van der Waals surface area contributed by atoms with E-state index >= 15 is 0 Å². The largest absolute Gasteiger partial charge is 0.380 e. The first-order chi connectivity index (χ1) is 14.1. The van der Waals surface area contributed by atoms with Crippen molar-refractivity contribution in [3.8, 4) is 0 Å². The second-order valence-electron chi connectivity index (χ2n) is 7.68. The van der Waals surface area contributed by atoms with E-state index < -0.39 is 10.0 Å². The molecule has 0 spiro atoms. The number of benzene rings is 1. The van der Waals surface area contributed by atoms with Crippen LogP contribution in [0.2, 0.25) is 0 Å². The van der Waals surface area contributed by atoms with Gasteiger partial charge in [0.15, 0.2) is 0 Å². The van der Waals surface area contributed by atoms with E-state index in [1.165, 1.54) is 6.07 Å². The quantitative estimate of drug-likeness (QED) is 0.805. The van der Waals surface area contributed by atoms with Crippen molar-refractivity contribution in [1.82, 2.24) is 9.29 Å². The molecule has 29 heavy (non-hydrogen) atoms. The first kappa shape index (κ1) is 20.1. The minimum absolute atomic E-state index is 0.147. The molecule has 0 saturated carbocycles. The smallest absolute Gasteiger partial charge is 0.246 e. The third kappa shape index (κ3) is 4.38. The van der Waals surface area contributed by atoms with E-state index in [0.717, 1.165) is 32.1 Å². The van der Waals surface area contributed by atoms with Gasteiger partial charge >= 0.3 is 0 Å². The number of nitrogens with one attached hydrogen (secondary N) is 1. The van der Waals surface area contributed by atoms with Gasteiger partial charge in [-0.1, -0.05) is 18.6 Å². The van der Waals surface area contributed by atoms with Gasteiger partial charge < -0.3 is 10.2 Å². The van der Waals surface area contributed by atoms with Gasteiger partial charge in [-0.2, -0.15) is 4.31 Å². The summed E-state index contributed by atoms with van der Waals surface area (Å²) in [6.45, 7) is 2.49. The molecule has 0 unspecified atom stereocenters. The first-order valence-corrected chi connectivity index (χ1v) is 11.7. The van der Waals surface area contributed by atoms with Crippen LogP contribution >= 0.6 is 0 Å². The maximum atomic E-state index is 13.9. The van der Waals surface area contributed by atoms with Crippen LogP contribution in [-0.4, -0.2) is 49.9 Å². The number of nitrogens with zero attached hydrogens (tertiary/aromatic N) is 3. The lowest BCUT2D eigenvalue weighted by atomic mass is 10.0. The number of aromatic nitrogens is 1. The van der Waals surface area contributed by atoms with Crippen LogP contribution in [0.1, 0.15) is 32.1 Å². The van der Waals surface area contributed by atoms with E-state index in [0.29, 0.717) is 42.6 Å². The van der Waals surface area contributed by atoms with E-state index in [4.69, 9.17) is 0 Å². The maximum absolute atomic E-state index is 13.9. The maximum Gasteiger partial charge on any atom is 0.246 e. The fourth-order valence-electron chi connectivity index (χ4n) is 4.10. The van der Waals surface area contributed by atoms with Crippen LogP contribution < -0.4 is 10.2 Å². The fourth-order valence-corrected chi connectivity index (χ4v) is 5.78. The summed E-state index contributed by atoms with van der Waals surface area (Å²) < 4.78 is 41.9. The summed E-state index contributed by atoms with van der Waals surface area (Å²) in [5.41, 5.74) is 0.511. The van der Waals surface area contributed by atoms with E-state index in [-0.39, 0.29) is 11.9 Å². The number of sulfonamides is 1. The summed E-state index contributed by atoms with van der Waals surface area (Å²) >= 11 is 0. The molecule has 2 aliphatic heterocycles. The van der Waals surface area contributed by atoms with E-state index in [1.807, 2.05) is 11.0 Å². The number of para-hydroxylation sites is 1. The monoisotopic (exact) mass is 418 g/mol. The standard InChI is InChI=1S/C21H27FN4O2S/c22-18-7-2-3-8-19(18)24-17-10-15-25(16-11-17)21-20(9-6-12-23-21)29(27,28)26-13-4-1-5-14-26/h2-3,6-9,12,17,24H,1,4-5,10-11,13-16H2. The van der Waals surface area contributed by atoms with Gasteiger partial charge in [-0.05, 0) is 49.9 Å². The molecule has 2 aromatic rings. The van der Waals surface area contributed by atoms with Crippen molar-refractivity contribution < 1.29 is 12.8 Å². The van der Waals surface area contributed by atoms with E-state index in [2.05, 4.69) is 10.3 Å². The Morgan fingerprint density at radius 2 is 1.69 bits per heavy atom. The van der Waals surface area contributed by atoms with E-state index in [1.54, 1.807) is 34.8 Å². The lowest BCUT2D eigenvalue weighted by Crippen LogP contribution is -2.41. The van der Waals surface area contributed by atoms with Gasteiger partial charge in [0, 0.05) is 38.4 Å². The number of hydrogen-bond donors (Lipinski definition) is 1. The van der Waals surface area contributed by atoms with Gasteiger partial charge in [-0.25, -0.2) is 17.8 Å². The molecule has 8 heteroatoms. The van der Waals surface area contributed by atoms with Gasteiger partial charge in [0.05, 0.1) is 5.69 Å². The fraction of sp³-hybridized carbons (Fsp3) is 0.476. The SMILES string of the molecule is O=S(=O)(c1cccnc1N1CCC(Nc2ccccc2F)CC1)N1CCCCC1. The van der Waals surface area contributed by atoms with Crippen LogP contribution in [0.25, 0.3) is 0 Å². The molecule has 1 aromatic heterocycles. The molecule has 3 heterocycles.